The van der Waals surface area contributed by atoms with E-state index in [1.54, 1.807) is 0 Å². The molecule has 0 amide bonds. The summed E-state index contributed by atoms with van der Waals surface area (Å²) >= 11 is 4.84. The monoisotopic (exact) mass is 618 g/mol. The minimum Gasteiger partial charge on any atom is -0.488 e. The molecule has 150 valence electrons. The topological polar surface area (TPSA) is 18.5 Å². The molecule has 2 heterocycles. The Morgan fingerprint density at radius 1 is 0.600 bits per heavy atom. The average Bonchev–Trinajstić information content (AvgIpc) is 2.74. The van der Waals surface area contributed by atoms with Crippen LogP contribution in [-0.4, -0.2) is 13.2 Å². The van der Waals surface area contributed by atoms with Gasteiger partial charge >= 0.3 is 0 Å². The average molecular weight is 618 g/mol. The molecule has 0 fully saturated rings. The van der Waals surface area contributed by atoms with Gasteiger partial charge in [0, 0.05) is 35.5 Å². The van der Waals surface area contributed by atoms with Crippen LogP contribution in [0.15, 0.2) is 67.8 Å². The molecule has 2 nitrogen and oxygen atoms in total. The number of ether oxygens (including phenoxy) is 2. The normalized spacial score (nSPS) is 15.3. The van der Waals surface area contributed by atoms with Gasteiger partial charge in [-0.15, -0.1) is 0 Å². The Kier molecular flexibility index (Phi) is 5.39. The van der Waals surface area contributed by atoms with Crippen molar-refractivity contribution in [3.8, 4) is 11.5 Å². The Balaban J connectivity index is 1.70. The molecular formula is C26H20I2O2. The Morgan fingerprint density at radius 2 is 1.00 bits per heavy atom. The number of hydrogen-bond donors (Lipinski definition) is 0. The molecule has 5 rings (SSSR count). The molecule has 0 aromatic heterocycles. The number of fused-ring (bicyclic) bond motifs is 2. The standard InChI is InChI=1S/C26H20I2O2/c1-15-3-7-17(8-4-15)25-19-11-20-24(12-23(19)29-13-21(25)27)30-14-22(28)26(20)18-9-5-16(2)6-10-18/h3-12H,13-14H2,1-2H3. The van der Waals surface area contributed by atoms with Crippen LogP contribution in [0.2, 0.25) is 0 Å². The van der Waals surface area contributed by atoms with E-state index in [2.05, 4.69) is 120 Å². The van der Waals surface area contributed by atoms with Gasteiger partial charge in [-0.2, -0.15) is 0 Å². The van der Waals surface area contributed by atoms with Crippen molar-refractivity contribution in [2.75, 3.05) is 13.2 Å². The predicted molar refractivity (Wildman–Crippen MR) is 140 cm³/mol. The SMILES string of the molecule is Cc1ccc(C2=C(I)COc3cc4c(cc32)C(c2ccc(C)cc2)=C(I)CO4)cc1. The van der Waals surface area contributed by atoms with E-state index in [0.717, 1.165) is 22.6 Å². The summed E-state index contributed by atoms with van der Waals surface area (Å²) in [4.78, 5) is 0. The van der Waals surface area contributed by atoms with Crippen LogP contribution in [0.5, 0.6) is 11.5 Å². The molecule has 2 aliphatic heterocycles. The minimum atomic E-state index is 0.591. The Morgan fingerprint density at radius 3 is 1.40 bits per heavy atom. The molecule has 0 radical (unpaired) electrons. The van der Waals surface area contributed by atoms with Crippen molar-refractivity contribution in [3.05, 3.63) is 101 Å². The lowest BCUT2D eigenvalue weighted by atomic mass is 9.88. The van der Waals surface area contributed by atoms with E-state index in [4.69, 9.17) is 9.47 Å². The summed E-state index contributed by atoms with van der Waals surface area (Å²) in [6, 6.07) is 21.8. The van der Waals surface area contributed by atoms with E-state index in [1.165, 1.54) is 40.6 Å². The van der Waals surface area contributed by atoms with E-state index >= 15 is 0 Å². The first-order chi connectivity index (χ1) is 14.5. The van der Waals surface area contributed by atoms with Crippen molar-refractivity contribution >= 4 is 56.3 Å². The van der Waals surface area contributed by atoms with E-state index in [1.807, 2.05) is 0 Å². The lowest BCUT2D eigenvalue weighted by molar-refractivity contribution is 0.337. The first kappa shape index (κ1) is 20.1. The van der Waals surface area contributed by atoms with Crippen LogP contribution >= 0.6 is 45.2 Å². The summed E-state index contributed by atoms with van der Waals surface area (Å²) in [5, 5.41) is 0. The van der Waals surface area contributed by atoms with Crippen molar-refractivity contribution in [3.63, 3.8) is 0 Å². The molecule has 3 aromatic carbocycles. The Bertz CT molecular complexity index is 1110. The van der Waals surface area contributed by atoms with Gasteiger partial charge in [-0.05, 0) is 76.2 Å². The quantitative estimate of drug-likeness (QED) is 0.278. The van der Waals surface area contributed by atoms with Crippen molar-refractivity contribution in [1.29, 1.82) is 0 Å². The van der Waals surface area contributed by atoms with Gasteiger partial charge in [0.2, 0.25) is 0 Å². The van der Waals surface area contributed by atoms with Crippen LogP contribution in [0.3, 0.4) is 0 Å². The fourth-order valence-corrected chi connectivity index (χ4v) is 5.49. The molecule has 2 aliphatic rings. The molecule has 0 saturated heterocycles. The molecule has 0 spiro atoms. The first-order valence-corrected chi connectivity index (χ1v) is 12.0. The highest BCUT2D eigenvalue weighted by molar-refractivity contribution is 14.1. The molecule has 0 aliphatic carbocycles. The lowest BCUT2D eigenvalue weighted by Gasteiger charge is -2.27. The van der Waals surface area contributed by atoms with Gasteiger partial charge in [0.25, 0.3) is 0 Å². The molecule has 0 bridgehead atoms. The zero-order chi connectivity index (χ0) is 20.8. The molecule has 3 aromatic rings. The second-order valence-corrected chi connectivity index (χ2v) is 10.3. The molecule has 0 unspecified atom stereocenters. The summed E-state index contributed by atoms with van der Waals surface area (Å²) in [6.45, 7) is 5.42. The second kappa shape index (κ2) is 8.04. The predicted octanol–water partition coefficient (Wildman–Crippen LogP) is 7.48. The largest absolute Gasteiger partial charge is 0.488 e. The van der Waals surface area contributed by atoms with Crippen LogP contribution in [0.4, 0.5) is 0 Å². The number of benzene rings is 3. The second-order valence-electron chi connectivity index (χ2n) is 7.71. The molecule has 0 atom stereocenters. The highest BCUT2D eigenvalue weighted by atomic mass is 127. The third-order valence-electron chi connectivity index (χ3n) is 5.55. The maximum Gasteiger partial charge on any atom is 0.131 e. The summed E-state index contributed by atoms with van der Waals surface area (Å²) in [7, 11) is 0. The Hall–Kier alpha value is -1.80. The molecule has 0 N–H and O–H groups in total. The van der Waals surface area contributed by atoms with E-state index in [9.17, 15) is 0 Å². The van der Waals surface area contributed by atoms with Gasteiger partial charge in [0.1, 0.15) is 24.7 Å². The Labute approximate surface area is 204 Å². The van der Waals surface area contributed by atoms with Gasteiger partial charge in [-0.1, -0.05) is 59.7 Å². The van der Waals surface area contributed by atoms with Crippen molar-refractivity contribution in [2.45, 2.75) is 13.8 Å². The van der Waals surface area contributed by atoms with Crippen LogP contribution in [-0.2, 0) is 0 Å². The summed E-state index contributed by atoms with van der Waals surface area (Å²) in [6.07, 6.45) is 0. The minimum absolute atomic E-state index is 0.591. The lowest BCUT2D eigenvalue weighted by Crippen LogP contribution is -2.13. The number of halogens is 2. The zero-order valence-electron chi connectivity index (χ0n) is 16.8. The van der Waals surface area contributed by atoms with Crippen molar-refractivity contribution in [2.24, 2.45) is 0 Å². The third kappa shape index (κ3) is 3.58. The highest BCUT2D eigenvalue weighted by Crippen LogP contribution is 2.47. The summed E-state index contributed by atoms with van der Waals surface area (Å²) in [5.41, 5.74) is 9.75. The number of hydrogen-bond acceptors (Lipinski definition) is 2. The third-order valence-corrected chi connectivity index (χ3v) is 7.25. The fourth-order valence-electron chi connectivity index (χ4n) is 3.97. The summed E-state index contributed by atoms with van der Waals surface area (Å²) in [5.74, 6) is 1.79. The number of aryl methyl sites for hydroxylation is 2. The van der Waals surface area contributed by atoms with Gasteiger partial charge in [0.15, 0.2) is 0 Å². The van der Waals surface area contributed by atoms with Gasteiger partial charge in [0.05, 0.1) is 0 Å². The van der Waals surface area contributed by atoms with Crippen LogP contribution < -0.4 is 9.47 Å². The molecule has 30 heavy (non-hydrogen) atoms. The van der Waals surface area contributed by atoms with Crippen LogP contribution in [0.25, 0.3) is 11.1 Å². The van der Waals surface area contributed by atoms with Crippen molar-refractivity contribution in [1.82, 2.24) is 0 Å². The fraction of sp³-hybridized carbons (Fsp3) is 0.154. The first-order valence-electron chi connectivity index (χ1n) is 9.87. The highest BCUT2D eigenvalue weighted by Gasteiger charge is 2.27. The number of rotatable bonds is 2. The molecular weight excluding hydrogens is 598 g/mol. The van der Waals surface area contributed by atoms with E-state index in [-0.39, 0.29) is 0 Å². The van der Waals surface area contributed by atoms with Gasteiger partial charge in [-0.3, -0.25) is 0 Å². The van der Waals surface area contributed by atoms with Gasteiger partial charge in [-0.25, -0.2) is 0 Å². The van der Waals surface area contributed by atoms with Crippen LogP contribution in [0, 0.1) is 13.8 Å². The van der Waals surface area contributed by atoms with Crippen molar-refractivity contribution < 1.29 is 9.47 Å². The smallest absolute Gasteiger partial charge is 0.131 e. The van der Waals surface area contributed by atoms with Crippen LogP contribution in [0.1, 0.15) is 33.4 Å². The van der Waals surface area contributed by atoms with Gasteiger partial charge < -0.3 is 9.47 Å². The van der Waals surface area contributed by atoms with E-state index < -0.39 is 0 Å². The zero-order valence-corrected chi connectivity index (χ0v) is 21.1. The molecule has 4 heteroatoms. The van der Waals surface area contributed by atoms with E-state index in [0.29, 0.717) is 13.2 Å². The molecule has 0 saturated carbocycles. The maximum absolute atomic E-state index is 6.10. The summed E-state index contributed by atoms with van der Waals surface area (Å²) < 4.78 is 14.6. The maximum atomic E-state index is 6.10.